The van der Waals surface area contributed by atoms with E-state index in [0.29, 0.717) is 11.8 Å². The average molecular weight is 318 g/mol. The number of nitriles is 1. The lowest BCUT2D eigenvalue weighted by molar-refractivity contribution is -0.122. The smallest absolute Gasteiger partial charge is 0.229 e. The van der Waals surface area contributed by atoms with E-state index in [1.807, 2.05) is 12.4 Å². The number of anilines is 1. The summed E-state index contributed by atoms with van der Waals surface area (Å²) < 4.78 is 0. The second-order valence-electron chi connectivity index (χ2n) is 6.55. The van der Waals surface area contributed by atoms with Crippen molar-refractivity contribution < 1.29 is 4.79 Å². The van der Waals surface area contributed by atoms with Gasteiger partial charge >= 0.3 is 0 Å². The quantitative estimate of drug-likeness (QED) is 0.660. The summed E-state index contributed by atoms with van der Waals surface area (Å²) in [6.07, 6.45) is 10.5. The summed E-state index contributed by atoms with van der Waals surface area (Å²) in [7, 11) is 0. The van der Waals surface area contributed by atoms with Crippen LogP contribution in [-0.2, 0) is 4.79 Å². The van der Waals surface area contributed by atoms with Gasteiger partial charge in [-0.25, -0.2) is 4.98 Å². The van der Waals surface area contributed by atoms with Crippen molar-refractivity contribution in [1.29, 1.82) is 5.26 Å². The first-order valence-electron chi connectivity index (χ1n) is 8.08. The van der Waals surface area contributed by atoms with E-state index in [2.05, 4.69) is 22.5 Å². The molecule has 0 radical (unpaired) electrons. The summed E-state index contributed by atoms with van der Waals surface area (Å²) in [6.45, 7) is 2.32. The Kier molecular flexibility index (Phi) is 4.63. The van der Waals surface area contributed by atoms with Gasteiger partial charge in [-0.05, 0) is 31.1 Å². The Hall–Kier alpha value is -1.61. The van der Waals surface area contributed by atoms with E-state index in [0.717, 1.165) is 18.0 Å². The van der Waals surface area contributed by atoms with Gasteiger partial charge in [0.05, 0.1) is 0 Å². The molecule has 0 aromatic carbocycles. The van der Waals surface area contributed by atoms with E-state index in [-0.39, 0.29) is 17.9 Å². The van der Waals surface area contributed by atoms with Gasteiger partial charge in [0.2, 0.25) is 5.91 Å². The Bertz CT molecular complexity index is 573. The lowest BCUT2D eigenvalue weighted by Gasteiger charge is -2.32. The molecule has 0 aliphatic heterocycles. The third kappa shape index (κ3) is 3.25. The number of nitrogens with zero attached hydrogens (tertiary/aromatic N) is 2. The summed E-state index contributed by atoms with van der Waals surface area (Å²) in [5.74, 6) is 1.35. The molecule has 0 saturated heterocycles. The molecule has 2 aliphatic carbocycles. The highest BCUT2D eigenvalue weighted by Crippen LogP contribution is 2.40. The van der Waals surface area contributed by atoms with Crippen LogP contribution in [0.4, 0.5) is 5.13 Å². The maximum Gasteiger partial charge on any atom is 0.229 e. The largest absolute Gasteiger partial charge is 0.321 e. The van der Waals surface area contributed by atoms with Crippen molar-refractivity contribution in [2.24, 2.45) is 11.8 Å². The average Bonchev–Trinajstić information content (AvgIpc) is 2.91. The molecule has 6 heteroatoms. The highest BCUT2D eigenvalue weighted by molar-refractivity contribution is 7.15. The molecule has 2 aliphatic rings. The van der Waals surface area contributed by atoms with E-state index in [1.165, 1.54) is 30.6 Å². The molecule has 1 unspecified atom stereocenters. The number of nitrogens with one attached hydrogen (secondary N) is 2. The van der Waals surface area contributed by atoms with Crippen molar-refractivity contribution in [2.75, 3.05) is 5.32 Å². The summed E-state index contributed by atoms with van der Waals surface area (Å²) in [5.41, 5.74) is 0. The number of hydrogen-bond acceptors (Lipinski definition) is 5. The fourth-order valence-corrected chi connectivity index (χ4v) is 4.59. The molecule has 2 atom stereocenters. The van der Waals surface area contributed by atoms with E-state index in [9.17, 15) is 4.79 Å². The molecule has 2 N–H and O–H groups in total. The summed E-state index contributed by atoms with van der Waals surface area (Å²) in [4.78, 5) is 17.8. The standard InChI is InChI=1S/C16H22N4OS/c1-10-4-2-3-5-13(10)14-8-18-16(22-14)20-15(21)11-6-12(7-11)19-9-17/h8,10-13,19H,2-7H2,1H3,(H,18,20,21)/t10?,11-,12-,13-/m1/s1. The highest BCUT2D eigenvalue weighted by Gasteiger charge is 2.35. The zero-order valence-electron chi connectivity index (χ0n) is 12.8. The second kappa shape index (κ2) is 6.66. The normalized spacial score (nSPS) is 30.9. The molecule has 2 fully saturated rings. The zero-order chi connectivity index (χ0) is 15.5. The molecule has 1 aromatic rings. The summed E-state index contributed by atoms with van der Waals surface area (Å²) >= 11 is 1.62. The highest BCUT2D eigenvalue weighted by atomic mass is 32.1. The van der Waals surface area contributed by atoms with Crippen LogP contribution in [-0.4, -0.2) is 16.9 Å². The number of aromatic nitrogens is 1. The molecule has 1 amide bonds. The van der Waals surface area contributed by atoms with Crippen LogP contribution in [0, 0.1) is 23.3 Å². The van der Waals surface area contributed by atoms with Gasteiger partial charge in [0.1, 0.15) is 0 Å². The van der Waals surface area contributed by atoms with Crippen molar-refractivity contribution in [3.05, 3.63) is 11.1 Å². The van der Waals surface area contributed by atoms with Gasteiger partial charge in [-0.2, -0.15) is 5.26 Å². The van der Waals surface area contributed by atoms with Gasteiger partial charge in [-0.3, -0.25) is 4.79 Å². The summed E-state index contributed by atoms with van der Waals surface area (Å²) in [6, 6.07) is 0.163. The minimum absolute atomic E-state index is 0.00630. The van der Waals surface area contributed by atoms with Gasteiger partial charge in [0.15, 0.2) is 11.3 Å². The Labute approximate surface area is 135 Å². The number of rotatable bonds is 4. The van der Waals surface area contributed by atoms with Crippen molar-refractivity contribution >= 4 is 22.4 Å². The molecule has 0 bridgehead atoms. The van der Waals surface area contributed by atoms with Gasteiger partial charge in [0.25, 0.3) is 0 Å². The Balaban J connectivity index is 1.54. The molecule has 118 valence electrons. The van der Waals surface area contributed by atoms with Crippen LogP contribution < -0.4 is 10.6 Å². The van der Waals surface area contributed by atoms with Crippen LogP contribution >= 0.6 is 11.3 Å². The second-order valence-corrected chi connectivity index (χ2v) is 7.61. The van der Waals surface area contributed by atoms with Crippen molar-refractivity contribution in [1.82, 2.24) is 10.3 Å². The van der Waals surface area contributed by atoms with Gasteiger partial charge in [-0.1, -0.05) is 26.2 Å². The zero-order valence-corrected chi connectivity index (χ0v) is 13.7. The van der Waals surface area contributed by atoms with E-state index < -0.39 is 0 Å². The molecule has 5 nitrogen and oxygen atoms in total. The van der Waals surface area contributed by atoms with Gasteiger partial charge in [-0.15, -0.1) is 11.3 Å². The number of carbonyl (C=O) groups is 1. The number of thiazole rings is 1. The maximum atomic E-state index is 12.1. The Morgan fingerprint density at radius 3 is 2.91 bits per heavy atom. The molecule has 22 heavy (non-hydrogen) atoms. The first-order chi connectivity index (χ1) is 10.7. The molecule has 1 heterocycles. The van der Waals surface area contributed by atoms with Gasteiger partial charge < -0.3 is 10.6 Å². The van der Waals surface area contributed by atoms with Crippen molar-refractivity contribution in [3.63, 3.8) is 0 Å². The fraction of sp³-hybridized carbons (Fsp3) is 0.688. The first kappa shape index (κ1) is 15.3. The van der Waals surface area contributed by atoms with E-state index >= 15 is 0 Å². The predicted molar refractivity (Wildman–Crippen MR) is 86.4 cm³/mol. The molecular formula is C16H22N4OS. The Morgan fingerprint density at radius 2 is 2.18 bits per heavy atom. The SMILES string of the molecule is CC1CCCC[C@H]1c1cnc(NC(=O)[C@H]2C[C@H](NC#N)C2)s1. The van der Waals surface area contributed by atoms with Crippen molar-refractivity contribution in [2.45, 2.75) is 57.4 Å². The lowest BCUT2D eigenvalue weighted by atomic mass is 9.80. The topological polar surface area (TPSA) is 77.8 Å². The van der Waals surface area contributed by atoms with E-state index in [1.54, 1.807) is 11.3 Å². The van der Waals surface area contributed by atoms with E-state index in [4.69, 9.17) is 5.26 Å². The molecule has 0 spiro atoms. The number of amides is 1. The maximum absolute atomic E-state index is 12.1. The molecule has 3 rings (SSSR count). The van der Waals surface area contributed by atoms with Crippen LogP contribution in [0.5, 0.6) is 0 Å². The minimum atomic E-state index is 0.00630. The van der Waals surface area contributed by atoms with Crippen LogP contribution in [0.3, 0.4) is 0 Å². The van der Waals surface area contributed by atoms with Crippen LogP contribution in [0.25, 0.3) is 0 Å². The van der Waals surface area contributed by atoms with Crippen molar-refractivity contribution in [3.8, 4) is 6.19 Å². The fourth-order valence-electron chi connectivity index (χ4n) is 3.50. The Morgan fingerprint density at radius 1 is 1.41 bits per heavy atom. The number of carbonyl (C=O) groups excluding carboxylic acids is 1. The first-order valence-corrected chi connectivity index (χ1v) is 8.90. The predicted octanol–water partition coefficient (Wildman–Crippen LogP) is 3.22. The van der Waals surface area contributed by atoms with Crippen LogP contribution in [0.15, 0.2) is 6.20 Å². The third-order valence-corrected chi connectivity index (χ3v) is 6.05. The third-order valence-electron chi connectivity index (χ3n) is 5.01. The minimum Gasteiger partial charge on any atom is -0.321 e. The lowest BCUT2D eigenvalue weighted by Crippen LogP contribution is -2.44. The van der Waals surface area contributed by atoms with Gasteiger partial charge in [0, 0.05) is 23.0 Å². The molecule has 1 aromatic heterocycles. The van der Waals surface area contributed by atoms with Crippen LogP contribution in [0.1, 0.15) is 56.2 Å². The number of hydrogen-bond donors (Lipinski definition) is 2. The van der Waals surface area contributed by atoms with Crippen LogP contribution in [0.2, 0.25) is 0 Å². The summed E-state index contributed by atoms with van der Waals surface area (Å²) in [5, 5.41) is 14.9. The molecular weight excluding hydrogens is 296 g/mol. The molecule has 2 saturated carbocycles. The monoisotopic (exact) mass is 318 g/mol.